The van der Waals surface area contributed by atoms with Gasteiger partial charge in [0.1, 0.15) is 0 Å². The van der Waals surface area contributed by atoms with Gasteiger partial charge in [-0.3, -0.25) is 0 Å². The number of hydrazone groups is 1. The summed E-state index contributed by atoms with van der Waals surface area (Å²) in [6.07, 6.45) is 1.07. The van der Waals surface area contributed by atoms with Crippen LogP contribution in [0.4, 0.5) is 10.5 Å². The first-order chi connectivity index (χ1) is 11.7. The Morgan fingerprint density at radius 1 is 1.21 bits per heavy atom. The van der Waals surface area contributed by atoms with E-state index in [0.717, 1.165) is 51.4 Å². The van der Waals surface area contributed by atoms with E-state index in [9.17, 15) is 4.79 Å². The highest BCUT2D eigenvalue weighted by molar-refractivity contribution is 5.96. The maximum absolute atomic E-state index is 12.2. The molecule has 6 nitrogen and oxygen atoms in total. The van der Waals surface area contributed by atoms with Crippen molar-refractivity contribution >= 4 is 17.4 Å². The molecule has 0 saturated carbocycles. The number of anilines is 1. The Labute approximate surface area is 142 Å². The summed E-state index contributed by atoms with van der Waals surface area (Å²) in [6, 6.07) is 9.19. The van der Waals surface area contributed by atoms with E-state index in [1.54, 1.807) is 0 Å². The Bertz CT molecular complexity index is 628. The second-order valence-electron chi connectivity index (χ2n) is 7.23. The number of amides is 2. The number of nitrogens with one attached hydrogen (secondary N) is 2. The zero-order valence-corrected chi connectivity index (χ0v) is 14.2. The van der Waals surface area contributed by atoms with Crippen LogP contribution in [0.25, 0.3) is 0 Å². The fraction of sp³-hybridized carbons (Fsp3) is 0.556. The maximum Gasteiger partial charge on any atom is 0.339 e. The molecule has 0 aromatic heterocycles. The number of nitrogens with zero attached hydrogens (tertiary/aromatic N) is 3. The summed E-state index contributed by atoms with van der Waals surface area (Å²) in [7, 11) is 0. The topological polar surface area (TPSA) is 60.0 Å². The zero-order chi connectivity index (χ0) is 16.6. The highest BCUT2D eigenvalue weighted by Crippen LogP contribution is 2.40. The number of benzene rings is 1. The van der Waals surface area contributed by atoms with E-state index in [1.165, 1.54) is 5.71 Å². The van der Waals surface area contributed by atoms with Gasteiger partial charge in [-0.15, -0.1) is 0 Å². The van der Waals surface area contributed by atoms with Gasteiger partial charge in [0.25, 0.3) is 0 Å². The molecule has 128 valence electrons. The SMILES string of the molecule is CCC12CN3CCN(CC(C3)/C1=N/NC(=O)Nc1ccccc1)C2. The summed E-state index contributed by atoms with van der Waals surface area (Å²) < 4.78 is 0. The van der Waals surface area contributed by atoms with E-state index in [0.29, 0.717) is 5.92 Å². The van der Waals surface area contributed by atoms with Crippen molar-refractivity contribution in [1.29, 1.82) is 0 Å². The minimum atomic E-state index is -0.271. The molecule has 0 radical (unpaired) electrons. The number of fused-ring (bicyclic) bond motifs is 1. The van der Waals surface area contributed by atoms with Crippen molar-refractivity contribution < 1.29 is 4.79 Å². The lowest BCUT2D eigenvalue weighted by molar-refractivity contribution is 0.114. The molecule has 4 heterocycles. The van der Waals surface area contributed by atoms with Crippen molar-refractivity contribution in [2.45, 2.75) is 13.3 Å². The van der Waals surface area contributed by atoms with Crippen LogP contribution >= 0.6 is 0 Å². The number of carbonyl (C=O) groups is 1. The summed E-state index contributed by atoms with van der Waals surface area (Å²) in [4.78, 5) is 17.3. The Morgan fingerprint density at radius 2 is 1.88 bits per heavy atom. The van der Waals surface area contributed by atoms with Gasteiger partial charge in [-0.05, 0) is 18.6 Å². The third-order valence-corrected chi connectivity index (χ3v) is 5.66. The van der Waals surface area contributed by atoms with Crippen molar-refractivity contribution in [2.24, 2.45) is 16.4 Å². The van der Waals surface area contributed by atoms with Gasteiger partial charge in [0.05, 0.1) is 5.71 Å². The summed E-state index contributed by atoms with van der Waals surface area (Å²) in [6.45, 7) is 8.84. The lowest BCUT2D eigenvalue weighted by atomic mass is 9.69. The molecular weight excluding hydrogens is 302 g/mol. The Hall–Kier alpha value is -1.92. The highest BCUT2D eigenvalue weighted by Gasteiger charge is 2.51. The van der Waals surface area contributed by atoms with Gasteiger partial charge < -0.3 is 15.1 Å². The number of rotatable bonds is 3. The maximum atomic E-state index is 12.2. The van der Waals surface area contributed by atoms with Crippen LogP contribution in [-0.4, -0.2) is 60.8 Å². The first-order valence-electron chi connectivity index (χ1n) is 8.83. The lowest BCUT2D eigenvalue weighted by Gasteiger charge is -2.50. The minimum Gasteiger partial charge on any atom is -0.307 e. The van der Waals surface area contributed by atoms with E-state index >= 15 is 0 Å². The molecule has 4 bridgehead atoms. The average molecular weight is 327 g/mol. The van der Waals surface area contributed by atoms with Crippen molar-refractivity contribution in [3.63, 3.8) is 0 Å². The fourth-order valence-corrected chi connectivity index (χ4v) is 4.51. The van der Waals surface area contributed by atoms with Gasteiger partial charge in [0.2, 0.25) is 0 Å². The van der Waals surface area contributed by atoms with Crippen molar-refractivity contribution in [2.75, 3.05) is 44.6 Å². The Kier molecular flexibility index (Phi) is 4.02. The van der Waals surface area contributed by atoms with E-state index in [-0.39, 0.29) is 11.4 Å². The fourth-order valence-electron chi connectivity index (χ4n) is 4.51. The molecule has 2 atom stereocenters. The Morgan fingerprint density at radius 3 is 2.50 bits per heavy atom. The molecule has 0 aliphatic carbocycles. The monoisotopic (exact) mass is 327 g/mol. The molecule has 4 fully saturated rings. The van der Waals surface area contributed by atoms with E-state index < -0.39 is 0 Å². The molecular formula is C18H25N5O. The summed E-state index contributed by atoms with van der Waals surface area (Å²) in [5, 5.41) is 7.43. The van der Waals surface area contributed by atoms with Gasteiger partial charge in [0.15, 0.2) is 0 Å². The molecule has 4 aliphatic heterocycles. The molecule has 2 unspecified atom stereocenters. The smallest absolute Gasteiger partial charge is 0.307 e. The molecule has 4 saturated heterocycles. The normalized spacial score (nSPS) is 35.7. The lowest BCUT2D eigenvalue weighted by Crippen LogP contribution is -2.61. The molecule has 1 aromatic rings. The van der Waals surface area contributed by atoms with Gasteiger partial charge in [0, 0.05) is 56.3 Å². The van der Waals surface area contributed by atoms with Gasteiger partial charge in [-0.1, -0.05) is 25.1 Å². The molecule has 2 amide bonds. The second kappa shape index (κ2) is 6.18. The number of urea groups is 1. The van der Waals surface area contributed by atoms with Crippen molar-refractivity contribution in [3.05, 3.63) is 30.3 Å². The first kappa shape index (κ1) is 15.6. The molecule has 0 spiro atoms. The molecule has 5 rings (SSSR count). The molecule has 6 heteroatoms. The molecule has 24 heavy (non-hydrogen) atoms. The van der Waals surface area contributed by atoms with E-state index in [4.69, 9.17) is 0 Å². The van der Waals surface area contributed by atoms with Gasteiger partial charge >= 0.3 is 6.03 Å². The average Bonchev–Trinajstić information content (AvgIpc) is 2.83. The van der Waals surface area contributed by atoms with Crippen LogP contribution in [-0.2, 0) is 0 Å². The van der Waals surface area contributed by atoms with Crippen LogP contribution in [0.15, 0.2) is 35.4 Å². The molecule has 2 N–H and O–H groups in total. The van der Waals surface area contributed by atoms with Crippen molar-refractivity contribution in [3.8, 4) is 0 Å². The van der Waals surface area contributed by atoms with Crippen LogP contribution in [0.2, 0.25) is 0 Å². The van der Waals surface area contributed by atoms with Crippen LogP contribution < -0.4 is 10.7 Å². The van der Waals surface area contributed by atoms with Crippen molar-refractivity contribution in [1.82, 2.24) is 15.2 Å². The number of carbonyl (C=O) groups excluding carboxylic acids is 1. The van der Waals surface area contributed by atoms with Crippen LogP contribution in [0.1, 0.15) is 13.3 Å². The first-order valence-corrected chi connectivity index (χ1v) is 8.83. The largest absolute Gasteiger partial charge is 0.339 e. The number of piperidine rings is 2. The Balaban J connectivity index is 1.50. The quantitative estimate of drug-likeness (QED) is 0.833. The standard InChI is InChI=1S/C18H25N5O/c1-2-18-12-22-8-9-23(13-18)11-14(10-22)16(18)20-21-17(24)19-15-6-4-3-5-7-15/h3-7,14H,2,8-13H2,1H3,(H2,19,21,24)/b20-16-. The van der Waals surface area contributed by atoms with E-state index in [2.05, 4.69) is 32.6 Å². The van der Waals surface area contributed by atoms with Crippen LogP contribution in [0, 0.1) is 11.3 Å². The molecule has 4 aliphatic rings. The predicted octanol–water partition coefficient (Wildman–Crippen LogP) is 1.82. The van der Waals surface area contributed by atoms with Crippen LogP contribution in [0.5, 0.6) is 0 Å². The second-order valence-corrected chi connectivity index (χ2v) is 7.23. The summed E-state index contributed by atoms with van der Waals surface area (Å²) >= 11 is 0. The third-order valence-electron chi connectivity index (χ3n) is 5.66. The summed E-state index contributed by atoms with van der Waals surface area (Å²) in [5.41, 5.74) is 4.81. The van der Waals surface area contributed by atoms with Gasteiger partial charge in [-0.2, -0.15) is 5.10 Å². The number of hydrogen-bond donors (Lipinski definition) is 2. The molecule has 1 aromatic carbocycles. The minimum absolute atomic E-state index is 0.0949. The number of para-hydroxylation sites is 1. The summed E-state index contributed by atoms with van der Waals surface area (Å²) in [5.74, 6) is 0.437. The van der Waals surface area contributed by atoms with Crippen LogP contribution in [0.3, 0.4) is 0 Å². The van der Waals surface area contributed by atoms with Gasteiger partial charge in [-0.25, -0.2) is 10.2 Å². The van der Waals surface area contributed by atoms with E-state index in [1.807, 2.05) is 30.3 Å². The third kappa shape index (κ3) is 2.80. The predicted molar refractivity (Wildman–Crippen MR) is 95.1 cm³/mol. The zero-order valence-electron chi connectivity index (χ0n) is 14.2. The highest BCUT2D eigenvalue weighted by atomic mass is 16.2. The number of hydrogen-bond acceptors (Lipinski definition) is 4.